The van der Waals surface area contributed by atoms with Crippen molar-refractivity contribution >= 4 is 22.8 Å². The van der Waals surface area contributed by atoms with Crippen molar-refractivity contribution in [2.75, 3.05) is 27.3 Å². The summed E-state index contributed by atoms with van der Waals surface area (Å²) < 4.78 is 11.1. The summed E-state index contributed by atoms with van der Waals surface area (Å²) in [6.07, 6.45) is 1.74. The van der Waals surface area contributed by atoms with E-state index in [1.54, 1.807) is 6.34 Å². The highest BCUT2D eigenvalue weighted by Crippen LogP contribution is 2.35. The second-order valence-electron chi connectivity index (χ2n) is 4.58. The van der Waals surface area contributed by atoms with Gasteiger partial charge in [0.1, 0.15) is 13.2 Å². The lowest BCUT2D eigenvalue weighted by Crippen LogP contribution is -2.15. The number of rotatable bonds is 3. The molecule has 0 atom stereocenters. The summed E-state index contributed by atoms with van der Waals surface area (Å²) in [7, 11) is 3.86. The van der Waals surface area contributed by atoms with Crippen LogP contribution in [0.1, 0.15) is 0 Å². The van der Waals surface area contributed by atoms with Crippen molar-refractivity contribution in [1.29, 1.82) is 0 Å². The van der Waals surface area contributed by atoms with Gasteiger partial charge in [-0.25, -0.2) is 9.98 Å². The van der Waals surface area contributed by atoms with Crippen LogP contribution in [0.5, 0.6) is 11.5 Å². The van der Waals surface area contributed by atoms with Gasteiger partial charge in [0.15, 0.2) is 11.5 Å². The van der Waals surface area contributed by atoms with E-state index in [4.69, 9.17) is 9.47 Å². The number of hydrogen-bond donors (Lipinski definition) is 0. The summed E-state index contributed by atoms with van der Waals surface area (Å²) in [5, 5.41) is 2.73. The van der Waals surface area contributed by atoms with Crippen molar-refractivity contribution < 1.29 is 9.47 Å². The Labute approximate surface area is 121 Å². The van der Waals surface area contributed by atoms with Crippen LogP contribution in [0.25, 0.3) is 11.3 Å². The second-order valence-corrected chi connectivity index (χ2v) is 5.42. The molecule has 104 valence electrons. The number of benzene rings is 1. The van der Waals surface area contributed by atoms with Crippen molar-refractivity contribution in [2.45, 2.75) is 0 Å². The normalized spacial score (nSPS) is 13.7. The summed E-state index contributed by atoms with van der Waals surface area (Å²) in [4.78, 5) is 10.7. The molecule has 2 heterocycles. The largest absolute Gasteiger partial charge is 0.486 e. The van der Waals surface area contributed by atoms with E-state index in [0.717, 1.165) is 27.9 Å². The molecule has 0 spiro atoms. The van der Waals surface area contributed by atoms with Crippen molar-refractivity contribution in [3.8, 4) is 22.8 Å². The molecule has 0 unspecified atom stereocenters. The predicted octanol–water partition coefficient (Wildman–Crippen LogP) is 2.80. The van der Waals surface area contributed by atoms with Gasteiger partial charge in [-0.2, -0.15) is 0 Å². The molecule has 20 heavy (non-hydrogen) atoms. The van der Waals surface area contributed by atoms with Gasteiger partial charge in [0.2, 0.25) is 5.13 Å². The molecule has 5 nitrogen and oxygen atoms in total. The average Bonchev–Trinajstić information content (AvgIpc) is 2.93. The van der Waals surface area contributed by atoms with Gasteiger partial charge in [0.25, 0.3) is 0 Å². The Kier molecular flexibility index (Phi) is 3.56. The van der Waals surface area contributed by atoms with E-state index in [1.807, 2.05) is 42.6 Å². The number of aliphatic imine (C=N–C) groups is 1. The van der Waals surface area contributed by atoms with Gasteiger partial charge >= 0.3 is 0 Å². The van der Waals surface area contributed by atoms with Crippen LogP contribution in [0.4, 0.5) is 5.13 Å². The zero-order chi connectivity index (χ0) is 13.9. The smallest absolute Gasteiger partial charge is 0.211 e. The fraction of sp³-hybridized carbons (Fsp3) is 0.286. The summed E-state index contributed by atoms with van der Waals surface area (Å²) >= 11 is 1.52. The van der Waals surface area contributed by atoms with Crippen LogP contribution in [-0.2, 0) is 0 Å². The maximum Gasteiger partial charge on any atom is 0.211 e. The molecule has 1 aliphatic heterocycles. The van der Waals surface area contributed by atoms with Gasteiger partial charge in [-0.15, -0.1) is 11.3 Å². The summed E-state index contributed by atoms with van der Waals surface area (Å²) in [5.41, 5.74) is 1.91. The summed E-state index contributed by atoms with van der Waals surface area (Å²) in [6, 6.07) is 5.87. The highest BCUT2D eigenvalue weighted by atomic mass is 32.1. The van der Waals surface area contributed by atoms with Crippen LogP contribution in [0.3, 0.4) is 0 Å². The Morgan fingerprint density at radius 1 is 1.25 bits per heavy atom. The van der Waals surface area contributed by atoms with E-state index in [9.17, 15) is 0 Å². The lowest BCUT2D eigenvalue weighted by molar-refractivity contribution is 0.171. The quantitative estimate of drug-likeness (QED) is 0.644. The second kappa shape index (κ2) is 5.50. The monoisotopic (exact) mass is 289 g/mol. The first kappa shape index (κ1) is 12.9. The molecule has 0 radical (unpaired) electrons. The minimum Gasteiger partial charge on any atom is -0.486 e. The number of hydrogen-bond acceptors (Lipinski definition) is 5. The predicted molar refractivity (Wildman–Crippen MR) is 80.4 cm³/mol. The topological polar surface area (TPSA) is 47.0 Å². The minimum absolute atomic E-state index is 0.589. The van der Waals surface area contributed by atoms with E-state index in [2.05, 4.69) is 9.98 Å². The molecule has 6 heteroatoms. The standard InChI is InChI=1S/C14H15N3O2S/c1-17(2)9-15-14-16-11(8-20-14)10-3-4-12-13(7-10)19-6-5-18-12/h3-4,7-9H,5-6H2,1-2H3/b15-9+. The molecular formula is C14H15N3O2S. The first-order valence-electron chi connectivity index (χ1n) is 6.28. The number of thiazole rings is 1. The van der Waals surface area contributed by atoms with Crippen molar-refractivity contribution in [2.24, 2.45) is 4.99 Å². The Morgan fingerprint density at radius 2 is 2.05 bits per heavy atom. The fourth-order valence-corrected chi connectivity index (χ4v) is 2.49. The van der Waals surface area contributed by atoms with Crippen LogP contribution >= 0.6 is 11.3 Å². The van der Waals surface area contributed by atoms with Crippen molar-refractivity contribution in [3.63, 3.8) is 0 Å². The highest BCUT2D eigenvalue weighted by Gasteiger charge is 2.13. The van der Waals surface area contributed by atoms with Gasteiger partial charge in [-0.1, -0.05) is 0 Å². The third-order valence-electron chi connectivity index (χ3n) is 2.73. The molecule has 0 bridgehead atoms. The maximum absolute atomic E-state index is 5.59. The van der Waals surface area contributed by atoms with Crippen molar-refractivity contribution in [1.82, 2.24) is 9.88 Å². The zero-order valence-electron chi connectivity index (χ0n) is 11.4. The molecule has 2 aromatic rings. The molecule has 1 aliphatic rings. The van der Waals surface area contributed by atoms with E-state index in [-0.39, 0.29) is 0 Å². The van der Waals surface area contributed by atoms with E-state index in [1.165, 1.54) is 11.3 Å². The molecule has 0 saturated heterocycles. The van der Waals surface area contributed by atoms with Gasteiger partial charge in [-0.05, 0) is 18.2 Å². The molecule has 1 aromatic carbocycles. The van der Waals surface area contributed by atoms with E-state index in [0.29, 0.717) is 13.2 Å². The van der Waals surface area contributed by atoms with Crippen LogP contribution in [0, 0.1) is 0 Å². The van der Waals surface area contributed by atoms with Crippen molar-refractivity contribution in [3.05, 3.63) is 23.6 Å². The summed E-state index contributed by atoms with van der Waals surface area (Å²) in [6.45, 7) is 1.19. The Balaban J connectivity index is 1.86. The molecule has 0 aliphatic carbocycles. The zero-order valence-corrected chi connectivity index (χ0v) is 12.2. The lowest BCUT2D eigenvalue weighted by Gasteiger charge is -2.18. The Bertz CT molecular complexity index is 637. The average molecular weight is 289 g/mol. The van der Waals surface area contributed by atoms with E-state index >= 15 is 0 Å². The maximum atomic E-state index is 5.59. The SMILES string of the molecule is CN(C)/C=N/c1nc(-c2ccc3c(c2)OCCO3)cs1. The number of nitrogens with zero attached hydrogens (tertiary/aromatic N) is 3. The highest BCUT2D eigenvalue weighted by molar-refractivity contribution is 7.13. The van der Waals surface area contributed by atoms with Gasteiger partial charge in [0.05, 0.1) is 12.0 Å². The Hall–Kier alpha value is -2.08. The Morgan fingerprint density at radius 3 is 2.85 bits per heavy atom. The third kappa shape index (κ3) is 2.75. The van der Waals surface area contributed by atoms with Gasteiger partial charge in [-0.3, -0.25) is 0 Å². The number of fused-ring (bicyclic) bond motifs is 1. The van der Waals surface area contributed by atoms with Crippen LogP contribution in [0.2, 0.25) is 0 Å². The molecule has 0 N–H and O–H groups in total. The summed E-state index contributed by atoms with van der Waals surface area (Å²) in [5.74, 6) is 1.57. The number of ether oxygens (including phenoxy) is 2. The van der Waals surface area contributed by atoms with Crippen LogP contribution in [0.15, 0.2) is 28.6 Å². The lowest BCUT2D eigenvalue weighted by atomic mass is 10.1. The minimum atomic E-state index is 0.589. The molecular weight excluding hydrogens is 274 g/mol. The number of aromatic nitrogens is 1. The first-order valence-corrected chi connectivity index (χ1v) is 7.16. The third-order valence-corrected chi connectivity index (χ3v) is 3.48. The molecule has 0 amide bonds. The molecule has 0 saturated carbocycles. The molecule has 0 fully saturated rings. The molecule has 1 aromatic heterocycles. The van der Waals surface area contributed by atoms with Gasteiger partial charge < -0.3 is 14.4 Å². The fourth-order valence-electron chi connectivity index (χ4n) is 1.82. The van der Waals surface area contributed by atoms with Crippen LogP contribution < -0.4 is 9.47 Å². The first-order chi connectivity index (χ1) is 9.72. The van der Waals surface area contributed by atoms with Gasteiger partial charge in [0, 0.05) is 25.0 Å². The van der Waals surface area contributed by atoms with Crippen LogP contribution in [-0.4, -0.2) is 43.5 Å². The van der Waals surface area contributed by atoms with E-state index < -0.39 is 0 Å². The molecule has 3 rings (SSSR count).